The van der Waals surface area contributed by atoms with Crippen LogP contribution in [0.25, 0.3) is 0 Å². The number of aromatic nitrogens is 1. The lowest BCUT2D eigenvalue weighted by Gasteiger charge is -2.22. The number of rotatable bonds is 6. The molecule has 0 spiro atoms. The Morgan fingerprint density at radius 2 is 1.91 bits per heavy atom. The van der Waals surface area contributed by atoms with Gasteiger partial charge in [0.15, 0.2) is 6.10 Å². The van der Waals surface area contributed by atoms with Crippen LogP contribution in [0.5, 0.6) is 0 Å². The van der Waals surface area contributed by atoms with Crippen LogP contribution in [0.4, 0.5) is 5.00 Å². The molecule has 0 saturated heterocycles. The van der Waals surface area contributed by atoms with Crippen LogP contribution in [0.1, 0.15) is 56.0 Å². The monoisotopic (exact) mass is 464 g/mol. The number of benzene rings is 1. The number of anilines is 1. The Labute approximate surface area is 195 Å². The molecule has 1 aliphatic carbocycles. The summed E-state index contributed by atoms with van der Waals surface area (Å²) in [6.45, 7) is 1.49. The number of carbonyl (C=O) groups excluding carboxylic acids is 3. The van der Waals surface area contributed by atoms with E-state index >= 15 is 0 Å². The number of hydrogen-bond acceptors (Lipinski definition) is 7. The third-order valence-electron chi connectivity index (χ3n) is 5.71. The van der Waals surface area contributed by atoms with Gasteiger partial charge in [-0.15, -0.1) is 11.3 Å². The zero-order valence-electron chi connectivity index (χ0n) is 18.4. The van der Waals surface area contributed by atoms with Crippen LogP contribution in [-0.4, -0.2) is 36.0 Å². The Kier molecular flexibility index (Phi) is 6.84. The van der Waals surface area contributed by atoms with E-state index in [-0.39, 0.29) is 5.56 Å². The van der Waals surface area contributed by atoms with Crippen LogP contribution in [0.3, 0.4) is 0 Å². The van der Waals surface area contributed by atoms with Crippen LogP contribution < -0.4 is 5.32 Å². The molecule has 33 heavy (non-hydrogen) atoms. The average molecular weight is 465 g/mol. The summed E-state index contributed by atoms with van der Waals surface area (Å²) in [7, 11) is 1.33. The molecule has 2 atom stereocenters. The fourth-order valence-corrected chi connectivity index (χ4v) is 5.30. The van der Waals surface area contributed by atoms with Gasteiger partial charge in [0.1, 0.15) is 5.00 Å². The fourth-order valence-electron chi connectivity index (χ4n) is 3.98. The number of amides is 1. The van der Waals surface area contributed by atoms with Gasteiger partial charge in [-0.1, -0.05) is 30.3 Å². The summed E-state index contributed by atoms with van der Waals surface area (Å²) in [4.78, 5) is 42.6. The van der Waals surface area contributed by atoms with Crippen molar-refractivity contribution in [1.29, 1.82) is 0 Å². The molecular weight excluding hydrogens is 440 g/mol. The fraction of sp³-hybridized carbons (Fsp3) is 0.280. The van der Waals surface area contributed by atoms with Crippen LogP contribution in [0, 0.1) is 0 Å². The lowest BCUT2D eigenvalue weighted by Crippen LogP contribution is -2.30. The third-order valence-corrected chi connectivity index (χ3v) is 6.88. The van der Waals surface area contributed by atoms with E-state index < -0.39 is 23.9 Å². The highest BCUT2D eigenvalue weighted by Crippen LogP contribution is 2.42. The molecule has 2 aromatic heterocycles. The van der Waals surface area contributed by atoms with E-state index in [0.717, 1.165) is 29.7 Å². The van der Waals surface area contributed by atoms with E-state index in [1.54, 1.807) is 18.3 Å². The lowest BCUT2D eigenvalue weighted by atomic mass is 9.83. The second-order valence-electron chi connectivity index (χ2n) is 7.83. The zero-order valence-corrected chi connectivity index (χ0v) is 19.2. The maximum absolute atomic E-state index is 12.8. The summed E-state index contributed by atoms with van der Waals surface area (Å²) >= 11 is 1.38. The first-order valence-corrected chi connectivity index (χ1v) is 11.5. The minimum atomic E-state index is -1.06. The molecule has 1 N–H and O–H groups in total. The SMILES string of the molecule is COC(=O)c1c(NC(=O)C(C)OC(=O)c2cccnc2)sc2c1CCC(c1ccccc1)C2. The van der Waals surface area contributed by atoms with E-state index in [2.05, 4.69) is 22.4 Å². The molecule has 1 amide bonds. The number of ether oxygens (including phenoxy) is 2. The van der Waals surface area contributed by atoms with Gasteiger partial charge in [0.25, 0.3) is 5.91 Å². The maximum atomic E-state index is 12.8. The predicted octanol–water partition coefficient (Wildman–Crippen LogP) is 4.39. The molecule has 1 aromatic carbocycles. The number of methoxy groups -OCH3 is 1. The van der Waals surface area contributed by atoms with Gasteiger partial charge in [0.2, 0.25) is 0 Å². The van der Waals surface area contributed by atoms with Gasteiger partial charge in [0, 0.05) is 17.3 Å². The molecule has 0 radical (unpaired) electrons. The Balaban J connectivity index is 1.52. The maximum Gasteiger partial charge on any atom is 0.341 e. The third kappa shape index (κ3) is 4.96. The van der Waals surface area contributed by atoms with Crippen molar-refractivity contribution in [3.63, 3.8) is 0 Å². The Morgan fingerprint density at radius 3 is 2.61 bits per heavy atom. The van der Waals surface area contributed by atoms with Crippen molar-refractivity contribution in [2.24, 2.45) is 0 Å². The largest absolute Gasteiger partial charge is 0.465 e. The normalized spacial score (nSPS) is 15.8. The summed E-state index contributed by atoms with van der Waals surface area (Å²) in [5.41, 5.74) is 2.83. The van der Waals surface area contributed by atoms with Crippen molar-refractivity contribution < 1.29 is 23.9 Å². The second-order valence-corrected chi connectivity index (χ2v) is 8.93. The van der Waals surface area contributed by atoms with Crippen molar-refractivity contribution in [3.8, 4) is 0 Å². The molecule has 7 nitrogen and oxygen atoms in total. The first-order valence-electron chi connectivity index (χ1n) is 10.7. The number of fused-ring (bicyclic) bond motifs is 1. The molecule has 2 heterocycles. The highest BCUT2D eigenvalue weighted by atomic mass is 32.1. The first kappa shape index (κ1) is 22.7. The average Bonchev–Trinajstić information content (AvgIpc) is 3.21. The molecule has 0 bridgehead atoms. The Bertz CT molecular complexity index is 1160. The summed E-state index contributed by atoms with van der Waals surface area (Å²) < 4.78 is 10.3. The molecular formula is C25H24N2O5S. The molecule has 2 unspecified atom stereocenters. The number of esters is 2. The van der Waals surface area contributed by atoms with Crippen molar-refractivity contribution in [2.45, 2.75) is 38.2 Å². The molecule has 0 aliphatic heterocycles. The minimum Gasteiger partial charge on any atom is -0.465 e. The van der Waals surface area contributed by atoms with E-state index in [9.17, 15) is 14.4 Å². The molecule has 8 heteroatoms. The van der Waals surface area contributed by atoms with E-state index in [0.29, 0.717) is 16.5 Å². The van der Waals surface area contributed by atoms with Crippen LogP contribution in [0.15, 0.2) is 54.9 Å². The summed E-state index contributed by atoms with van der Waals surface area (Å²) in [6.07, 6.45) is 4.28. The topological polar surface area (TPSA) is 94.6 Å². The van der Waals surface area contributed by atoms with Gasteiger partial charge in [-0.05, 0) is 55.4 Å². The summed E-state index contributed by atoms with van der Waals surface area (Å²) in [6, 6.07) is 13.5. The van der Waals surface area contributed by atoms with Crippen LogP contribution in [0.2, 0.25) is 0 Å². The van der Waals surface area contributed by atoms with Gasteiger partial charge in [-0.2, -0.15) is 0 Å². The van der Waals surface area contributed by atoms with Gasteiger partial charge in [0.05, 0.1) is 18.2 Å². The highest BCUT2D eigenvalue weighted by molar-refractivity contribution is 7.17. The first-order chi connectivity index (χ1) is 16.0. The minimum absolute atomic E-state index is 0.256. The number of pyridine rings is 1. The van der Waals surface area contributed by atoms with Crippen molar-refractivity contribution in [2.75, 3.05) is 12.4 Å². The molecule has 1 aliphatic rings. The van der Waals surface area contributed by atoms with Gasteiger partial charge >= 0.3 is 11.9 Å². The number of nitrogens with one attached hydrogen (secondary N) is 1. The molecule has 3 aromatic rings. The smallest absolute Gasteiger partial charge is 0.341 e. The Morgan fingerprint density at radius 1 is 1.12 bits per heavy atom. The quantitative estimate of drug-likeness (QED) is 0.544. The number of hydrogen-bond donors (Lipinski definition) is 1. The predicted molar refractivity (Wildman–Crippen MR) is 125 cm³/mol. The lowest BCUT2D eigenvalue weighted by molar-refractivity contribution is -0.123. The Hall–Kier alpha value is -3.52. The number of carbonyl (C=O) groups is 3. The van der Waals surface area contributed by atoms with Crippen molar-refractivity contribution >= 4 is 34.2 Å². The van der Waals surface area contributed by atoms with Crippen molar-refractivity contribution in [3.05, 3.63) is 82.0 Å². The molecule has 4 rings (SSSR count). The van der Waals surface area contributed by atoms with E-state index in [4.69, 9.17) is 9.47 Å². The highest BCUT2D eigenvalue weighted by Gasteiger charge is 2.31. The van der Waals surface area contributed by atoms with Gasteiger partial charge in [-0.25, -0.2) is 9.59 Å². The number of thiophene rings is 1. The number of nitrogens with zero attached hydrogens (tertiary/aromatic N) is 1. The standard InChI is InChI=1S/C25H24N2O5S/c1-15(32-24(29)18-9-6-12-26-14-18)22(28)27-23-21(25(30)31-2)19-11-10-17(13-20(19)33-23)16-7-4-3-5-8-16/h3-9,12,14-15,17H,10-11,13H2,1-2H3,(H,27,28). The van der Waals surface area contributed by atoms with E-state index in [1.165, 1.54) is 37.1 Å². The zero-order chi connectivity index (χ0) is 23.4. The van der Waals surface area contributed by atoms with Gasteiger partial charge in [-0.3, -0.25) is 9.78 Å². The summed E-state index contributed by atoms with van der Waals surface area (Å²) in [5.74, 6) is -1.29. The van der Waals surface area contributed by atoms with Crippen molar-refractivity contribution in [1.82, 2.24) is 4.98 Å². The molecule has 0 fully saturated rings. The van der Waals surface area contributed by atoms with Gasteiger partial charge < -0.3 is 14.8 Å². The van der Waals surface area contributed by atoms with Crippen LogP contribution in [-0.2, 0) is 27.1 Å². The molecule has 170 valence electrons. The second kappa shape index (κ2) is 9.95. The van der Waals surface area contributed by atoms with E-state index in [1.807, 2.05) is 18.2 Å². The molecule has 0 saturated carbocycles. The van der Waals surface area contributed by atoms with Crippen LogP contribution >= 0.6 is 11.3 Å². The summed E-state index contributed by atoms with van der Waals surface area (Å²) in [5, 5.41) is 3.21.